The van der Waals surface area contributed by atoms with Crippen LogP contribution in [0.15, 0.2) is 101 Å². The van der Waals surface area contributed by atoms with Crippen LogP contribution < -0.4 is 24.8 Å². The van der Waals surface area contributed by atoms with Gasteiger partial charge in [-0.15, -0.1) is 0 Å². The molecule has 0 radical (unpaired) electrons. The highest BCUT2D eigenvalue weighted by Gasteiger charge is 2.35. The number of aliphatic imine (C=N–C) groups is 2. The minimum absolute atomic E-state index is 0.0117. The standard InChI is InChI=1S/C58H60N6O10/c1-34-18-46-48(59-28-44-23-39-12-6-8-14-41(39)30-63(44)57(46)69)26-51(34)73-32-37-20-38(22-43(21-37)62-56(68)35(2)19-50(65)36(3)61-54(66)16-10-11-17-55(67)72-5)33-74-53-27-49-47(25-52(53)71-4)58(70)64-31-42-15-9-7-13-40(42)24-45(64)29-60-49/h6-9,12-15,18,20-22,25-29,35-36,44-45H,10-11,16-17,19,23-24,30-33H2,1-5H3,(H,61,66)(H,62,68)/t35-,36+,44+,45+/m1/s1. The fourth-order valence-electron chi connectivity index (χ4n) is 9.87. The number of methoxy groups -OCH3 is 2. The van der Waals surface area contributed by atoms with E-state index in [9.17, 15) is 28.8 Å². The summed E-state index contributed by atoms with van der Waals surface area (Å²) in [5, 5.41) is 5.69. The summed E-state index contributed by atoms with van der Waals surface area (Å²) in [6.45, 7) is 6.15. The lowest BCUT2D eigenvalue weighted by Crippen LogP contribution is -2.44. The lowest BCUT2D eigenvalue weighted by Gasteiger charge is -2.34. The first-order valence-corrected chi connectivity index (χ1v) is 25.0. The number of fused-ring (bicyclic) bond motifs is 6. The zero-order chi connectivity index (χ0) is 52.0. The van der Waals surface area contributed by atoms with Crippen molar-refractivity contribution in [3.63, 3.8) is 0 Å². The Bertz CT molecular complexity index is 3090. The first-order chi connectivity index (χ1) is 35.7. The summed E-state index contributed by atoms with van der Waals surface area (Å²) in [4.78, 5) is 92.4. The van der Waals surface area contributed by atoms with Crippen LogP contribution in [0.2, 0.25) is 0 Å². The second kappa shape index (κ2) is 22.3. The Balaban J connectivity index is 0.923. The van der Waals surface area contributed by atoms with Crippen LogP contribution in [-0.2, 0) is 63.1 Å². The number of amides is 4. The lowest BCUT2D eigenvalue weighted by molar-refractivity contribution is -0.140. The molecule has 4 heterocycles. The molecule has 4 aliphatic heterocycles. The van der Waals surface area contributed by atoms with Crippen molar-refractivity contribution >= 4 is 64.9 Å². The molecule has 382 valence electrons. The van der Waals surface area contributed by atoms with Gasteiger partial charge in [0, 0.05) is 68.5 Å². The van der Waals surface area contributed by atoms with Crippen LogP contribution in [0.5, 0.6) is 17.2 Å². The number of nitrogens with zero attached hydrogens (tertiary/aromatic N) is 4. The molecule has 16 nitrogen and oxygen atoms in total. The minimum Gasteiger partial charge on any atom is -0.493 e. The van der Waals surface area contributed by atoms with Gasteiger partial charge in [0.15, 0.2) is 17.3 Å². The monoisotopic (exact) mass is 1000 g/mol. The smallest absolute Gasteiger partial charge is 0.305 e. The molecule has 0 saturated carbocycles. The summed E-state index contributed by atoms with van der Waals surface area (Å²) in [6.07, 6.45) is 6.15. The van der Waals surface area contributed by atoms with Gasteiger partial charge in [0.05, 0.1) is 54.8 Å². The van der Waals surface area contributed by atoms with Gasteiger partial charge in [-0.3, -0.25) is 38.8 Å². The van der Waals surface area contributed by atoms with E-state index in [0.29, 0.717) is 95.3 Å². The molecule has 0 bridgehead atoms. The van der Waals surface area contributed by atoms with Crippen molar-refractivity contribution in [1.29, 1.82) is 0 Å². The van der Waals surface area contributed by atoms with Gasteiger partial charge in [-0.2, -0.15) is 0 Å². The van der Waals surface area contributed by atoms with Crippen LogP contribution in [-0.4, -0.2) is 90.0 Å². The zero-order valence-electron chi connectivity index (χ0n) is 42.3. The number of carbonyl (C=O) groups excluding carboxylic acids is 6. The maximum Gasteiger partial charge on any atom is 0.305 e. The highest BCUT2D eigenvalue weighted by molar-refractivity contribution is 6.04. The first-order valence-electron chi connectivity index (χ1n) is 25.0. The van der Waals surface area contributed by atoms with Crippen molar-refractivity contribution in [3.8, 4) is 17.2 Å². The van der Waals surface area contributed by atoms with E-state index < -0.39 is 17.9 Å². The molecule has 0 aliphatic carbocycles. The van der Waals surface area contributed by atoms with E-state index in [4.69, 9.17) is 24.2 Å². The molecule has 9 rings (SSSR count). The Morgan fingerprint density at radius 3 is 1.80 bits per heavy atom. The predicted octanol–water partition coefficient (Wildman–Crippen LogP) is 8.50. The van der Waals surface area contributed by atoms with Crippen LogP contribution in [0.25, 0.3) is 0 Å². The number of rotatable bonds is 18. The second-order valence-electron chi connectivity index (χ2n) is 19.4. The van der Waals surface area contributed by atoms with E-state index in [1.807, 2.05) is 71.6 Å². The number of Topliss-reactive ketones (excluding diaryl/α,β-unsaturated/α-hetero) is 1. The number of hydrogen-bond acceptors (Lipinski definition) is 12. The average Bonchev–Trinajstić information content (AvgIpc) is 3.61. The molecule has 0 fully saturated rings. The third kappa shape index (κ3) is 11.4. The molecule has 0 saturated heterocycles. The SMILES string of the molecule is COC(=O)CCCCC(=O)N[C@@H](C)C(=O)C[C@@H](C)C(=O)Nc1cc(COc2cc3c(cc2C)C(=O)N2Cc4ccccc4C[C@H]2C=N3)cc(COc2cc3c(cc2OC)C(=O)N2Cc4ccccc4C[C@H]2C=N3)c1. The average molecular weight is 1000 g/mol. The van der Waals surface area contributed by atoms with Crippen LogP contribution in [0, 0.1) is 12.8 Å². The van der Waals surface area contributed by atoms with Crippen LogP contribution >= 0.6 is 0 Å². The zero-order valence-corrected chi connectivity index (χ0v) is 42.3. The van der Waals surface area contributed by atoms with Crippen molar-refractivity contribution in [3.05, 3.63) is 141 Å². The maximum absolute atomic E-state index is 14.1. The third-order valence-corrected chi connectivity index (χ3v) is 14.1. The number of nitrogens with one attached hydrogen (secondary N) is 2. The van der Waals surface area contributed by atoms with Crippen LogP contribution in [0.3, 0.4) is 0 Å². The van der Waals surface area contributed by atoms with Crippen molar-refractivity contribution in [1.82, 2.24) is 15.1 Å². The van der Waals surface area contributed by atoms with E-state index in [-0.39, 0.29) is 74.0 Å². The summed E-state index contributed by atoms with van der Waals surface area (Å²) in [6, 6.07) is 27.5. The summed E-state index contributed by atoms with van der Waals surface area (Å²) >= 11 is 0. The van der Waals surface area contributed by atoms with Gasteiger partial charge in [0.25, 0.3) is 11.8 Å². The lowest BCUT2D eigenvalue weighted by atomic mass is 9.94. The number of esters is 1. The number of anilines is 1. The van der Waals surface area contributed by atoms with Gasteiger partial charge in [-0.05, 0) is 109 Å². The molecule has 0 aromatic heterocycles. The molecule has 2 N–H and O–H groups in total. The minimum atomic E-state index is -0.825. The Kier molecular flexibility index (Phi) is 15.3. The molecular weight excluding hydrogens is 941 g/mol. The van der Waals surface area contributed by atoms with E-state index >= 15 is 0 Å². The Morgan fingerprint density at radius 1 is 0.676 bits per heavy atom. The van der Waals surface area contributed by atoms with Crippen molar-refractivity contribution in [2.45, 2.75) is 110 Å². The van der Waals surface area contributed by atoms with Gasteiger partial charge in [0.2, 0.25) is 11.8 Å². The molecule has 4 amide bonds. The predicted molar refractivity (Wildman–Crippen MR) is 279 cm³/mol. The first kappa shape index (κ1) is 50.8. The number of benzene rings is 5. The summed E-state index contributed by atoms with van der Waals surface area (Å²) in [5.41, 5.74) is 8.99. The molecule has 74 heavy (non-hydrogen) atoms. The van der Waals surface area contributed by atoms with Gasteiger partial charge in [-0.1, -0.05) is 55.5 Å². The van der Waals surface area contributed by atoms with Gasteiger partial charge < -0.3 is 39.4 Å². The molecule has 0 spiro atoms. The summed E-state index contributed by atoms with van der Waals surface area (Å²) in [5.74, 6) is -1.16. The van der Waals surface area contributed by atoms with E-state index in [1.165, 1.54) is 25.3 Å². The molecule has 5 aromatic rings. The molecule has 4 atom stereocenters. The summed E-state index contributed by atoms with van der Waals surface area (Å²) in [7, 11) is 2.82. The van der Waals surface area contributed by atoms with E-state index in [0.717, 1.165) is 16.7 Å². The normalized spacial score (nSPS) is 16.9. The van der Waals surface area contributed by atoms with Crippen LogP contribution in [0.4, 0.5) is 17.1 Å². The largest absolute Gasteiger partial charge is 0.493 e. The summed E-state index contributed by atoms with van der Waals surface area (Å²) < 4.78 is 23.3. The maximum atomic E-state index is 14.1. The topological polar surface area (TPSA) is 195 Å². The Morgan fingerprint density at radius 2 is 1.22 bits per heavy atom. The Labute approximate surface area is 430 Å². The molecular formula is C58H60N6O10. The third-order valence-electron chi connectivity index (χ3n) is 14.1. The number of hydrogen-bond donors (Lipinski definition) is 2. The highest BCUT2D eigenvalue weighted by atomic mass is 16.5. The van der Waals surface area contributed by atoms with Gasteiger partial charge in [0.1, 0.15) is 19.0 Å². The van der Waals surface area contributed by atoms with Crippen LogP contribution in [0.1, 0.15) is 106 Å². The number of unbranched alkanes of at least 4 members (excludes halogenated alkanes) is 1. The fraction of sp³-hybridized carbons (Fsp3) is 0.345. The second-order valence-corrected chi connectivity index (χ2v) is 19.4. The van der Waals surface area contributed by atoms with E-state index in [2.05, 4.69) is 33.6 Å². The Hall–Kier alpha value is -8.14. The number of ether oxygens (including phenoxy) is 4. The molecule has 16 heteroatoms. The van der Waals surface area contributed by atoms with Crippen molar-refractivity contribution in [2.75, 3.05) is 19.5 Å². The van der Waals surface area contributed by atoms with E-state index in [1.54, 1.807) is 44.2 Å². The molecule has 4 aliphatic rings. The number of aryl methyl sites for hydroxylation is 1. The molecule has 5 aromatic carbocycles. The van der Waals surface area contributed by atoms with Gasteiger partial charge >= 0.3 is 5.97 Å². The van der Waals surface area contributed by atoms with Crippen molar-refractivity contribution < 1.29 is 47.7 Å². The number of ketones is 1. The number of carbonyl (C=O) groups is 6. The molecule has 0 unspecified atom stereocenters. The highest BCUT2D eigenvalue weighted by Crippen LogP contribution is 2.40. The quantitative estimate of drug-likeness (QED) is 0.0635. The fourth-order valence-corrected chi connectivity index (χ4v) is 9.87. The van der Waals surface area contributed by atoms with Crippen molar-refractivity contribution in [2.24, 2.45) is 15.9 Å². The van der Waals surface area contributed by atoms with Gasteiger partial charge in [-0.25, -0.2) is 0 Å².